The van der Waals surface area contributed by atoms with Gasteiger partial charge in [0.05, 0.1) is 89.4 Å². The van der Waals surface area contributed by atoms with Gasteiger partial charge in [-0.3, -0.25) is 33.8 Å². The van der Waals surface area contributed by atoms with Crippen molar-refractivity contribution in [3.05, 3.63) is 92.5 Å². The van der Waals surface area contributed by atoms with E-state index in [-0.39, 0.29) is 92.7 Å². The Balaban J connectivity index is 0.000000167. The van der Waals surface area contributed by atoms with Crippen LogP contribution in [0.15, 0.2) is 36.4 Å². The Morgan fingerprint density at radius 2 is 1.12 bits per heavy atom. The second-order valence-electron chi connectivity index (χ2n) is 18.0. The number of nitrogens with zero attached hydrogens (tertiary/aromatic N) is 6. The van der Waals surface area contributed by atoms with Crippen molar-refractivity contribution in [3.63, 3.8) is 0 Å². The van der Waals surface area contributed by atoms with Crippen LogP contribution in [0.5, 0.6) is 11.5 Å². The molecule has 364 valence electrons. The number of rotatable bonds is 12. The Hall–Kier alpha value is -6.89. The molecule has 2 saturated carbocycles. The van der Waals surface area contributed by atoms with E-state index in [1.807, 2.05) is 0 Å². The maximum Gasteiger partial charge on any atom is 0.257 e. The monoisotopic (exact) mass is 969 g/mol. The van der Waals surface area contributed by atoms with Gasteiger partial charge in [0.2, 0.25) is 5.91 Å². The maximum absolute atomic E-state index is 15.4. The van der Waals surface area contributed by atoms with Gasteiger partial charge in [-0.2, -0.15) is 0 Å². The van der Waals surface area contributed by atoms with Gasteiger partial charge in [0.15, 0.2) is 23.1 Å². The number of carbonyl (C=O) groups excluding carboxylic acids is 6. The van der Waals surface area contributed by atoms with Crippen LogP contribution in [0.1, 0.15) is 110 Å². The Kier molecular flexibility index (Phi) is 14.3. The van der Waals surface area contributed by atoms with E-state index < -0.39 is 11.6 Å². The first-order valence-corrected chi connectivity index (χ1v) is 23.4. The summed E-state index contributed by atoms with van der Waals surface area (Å²) in [5.74, 6) is -2.46. The molecule has 4 fully saturated rings. The van der Waals surface area contributed by atoms with Crippen molar-refractivity contribution in [2.45, 2.75) is 70.9 Å². The Morgan fingerprint density at radius 1 is 0.681 bits per heavy atom. The molecule has 4 aromatic rings. The summed E-state index contributed by atoms with van der Waals surface area (Å²) in [5, 5.41) is 6.37. The van der Waals surface area contributed by atoms with E-state index >= 15 is 8.78 Å². The molecule has 2 saturated heterocycles. The zero-order chi connectivity index (χ0) is 49.3. The topological polar surface area (TPSA) is 210 Å². The molecule has 4 aliphatic heterocycles. The first-order chi connectivity index (χ1) is 33.1. The highest BCUT2D eigenvalue weighted by molar-refractivity contribution is 6.30. The van der Waals surface area contributed by atoms with Gasteiger partial charge in [-0.05, 0) is 87.8 Å². The number of Topliss-reactive ketones (excluding diaryl/α,β-unsaturated/α-hetero) is 1. The number of hydrogen-bond acceptors (Lipinski definition) is 12. The molecule has 20 heteroatoms. The van der Waals surface area contributed by atoms with Crippen LogP contribution in [0.4, 0.5) is 31.5 Å². The number of benzene rings is 2. The summed E-state index contributed by atoms with van der Waals surface area (Å²) in [6.07, 6.45) is 7.71. The number of amides is 5. The summed E-state index contributed by atoms with van der Waals surface area (Å²) in [5.41, 5.74) is 8.67. The summed E-state index contributed by atoms with van der Waals surface area (Å²) in [7, 11) is 6.02. The molecule has 69 heavy (non-hydrogen) atoms. The zero-order valence-corrected chi connectivity index (χ0v) is 39.6. The van der Waals surface area contributed by atoms with Crippen molar-refractivity contribution in [2.75, 3.05) is 65.1 Å². The van der Waals surface area contributed by atoms with Crippen LogP contribution < -0.4 is 25.8 Å². The van der Waals surface area contributed by atoms with Crippen LogP contribution in [0.3, 0.4) is 0 Å². The van der Waals surface area contributed by atoms with Crippen LogP contribution in [0.25, 0.3) is 0 Å². The van der Waals surface area contributed by atoms with Crippen molar-refractivity contribution < 1.29 is 47.0 Å². The summed E-state index contributed by atoms with van der Waals surface area (Å²) in [4.78, 5) is 88.1. The Morgan fingerprint density at radius 3 is 1.52 bits per heavy atom. The van der Waals surface area contributed by atoms with Gasteiger partial charge in [-0.15, -0.1) is 0 Å². The van der Waals surface area contributed by atoms with Gasteiger partial charge >= 0.3 is 0 Å². The number of ether oxygens (including phenoxy) is 2. The molecule has 0 bridgehead atoms. The number of fused-ring (bicyclic) bond motifs is 2. The number of carbonyl (C=O) groups is 6. The average Bonchev–Trinajstić information content (AvgIpc) is 4.18. The minimum atomic E-state index is -0.748. The molecule has 0 unspecified atom stereocenters. The highest BCUT2D eigenvalue weighted by Gasteiger charge is 2.35. The largest absolute Gasteiger partial charge is 0.492 e. The highest BCUT2D eigenvalue weighted by atomic mass is 35.5. The number of halogens is 3. The first kappa shape index (κ1) is 48.6. The molecule has 2 aromatic carbocycles. The fourth-order valence-corrected chi connectivity index (χ4v) is 9.00. The molecule has 2 aliphatic carbocycles. The molecule has 5 amide bonds. The molecule has 0 spiro atoms. The number of likely N-dealkylation sites (tertiary alicyclic amines) is 2. The number of hydrogen-bond donors (Lipinski definition) is 3. The van der Waals surface area contributed by atoms with E-state index in [1.165, 1.54) is 37.3 Å². The van der Waals surface area contributed by atoms with Gasteiger partial charge < -0.3 is 45.4 Å². The van der Waals surface area contributed by atoms with Crippen molar-refractivity contribution in [1.82, 2.24) is 29.6 Å². The third-order valence-electron chi connectivity index (χ3n) is 12.9. The smallest absolute Gasteiger partial charge is 0.257 e. The van der Waals surface area contributed by atoms with Crippen LogP contribution >= 0.6 is 11.6 Å². The summed E-state index contributed by atoms with van der Waals surface area (Å²) in [6, 6.07) is 9.20. The second kappa shape index (κ2) is 20.4. The fourth-order valence-electron chi connectivity index (χ4n) is 8.79. The van der Waals surface area contributed by atoms with E-state index in [1.54, 1.807) is 47.0 Å². The molecular weight excluding hydrogens is 916 g/mol. The Bertz CT molecular complexity index is 2740. The van der Waals surface area contributed by atoms with Crippen LogP contribution in [-0.4, -0.2) is 119 Å². The van der Waals surface area contributed by atoms with E-state index in [9.17, 15) is 28.8 Å². The standard InChI is InChI=1S/C25H27FN4O4.C20H20ClFN4O3.C4H7NO/c1-29-13-19-21(25(29)33)18(11-15(27-19)12-20(31)14-5-6-14)28-17-8-7-16(22(26)23(17)34-2)24(32)30-9-3-4-10-30;1-25-10-14-16(20(25)28)13(9-15(21)24-14)23-12-6-5-11(17(22)18(12)29-2)19(27)26-7-3-4-8-26;5-4(6)3-1-2-3/h7-8,11,14H,3-6,9-10,12-13H2,1-2H3,(H,27,28);5-6,9H,3-4,7-8,10H2,1-2H3,(H,23,24);3H,1-2H2,(H2,5,6). The molecule has 17 nitrogen and oxygen atoms in total. The van der Waals surface area contributed by atoms with Crippen molar-refractivity contribution in [2.24, 2.45) is 17.6 Å². The van der Waals surface area contributed by atoms with Gasteiger partial charge in [0.1, 0.15) is 10.9 Å². The Labute approximate surface area is 402 Å². The molecule has 0 atom stereocenters. The van der Waals surface area contributed by atoms with Gasteiger partial charge in [-0.1, -0.05) is 11.6 Å². The number of anilines is 4. The number of pyridine rings is 2. The maximum atomic E-state index is 15.4. The first-order valence-electron chi connectivity index (χ1n) is 23.0. The van der Waals surface area contributed by atoms with Crippen LogP contribution in [0.2, 0.25) is 5.15 Å². The average molecular weight is 970 g/mol. The lowest BCUT2D eigenvalue weighted by Gasteiger charge is -2.19. The molecule has 6 heterocycles. The number of primary amides is 1. The van der Waals surface area contributed by atoms with E-state index in [4.69, 9.17) is 26.8 Å². The SMILES string of the molecule is COc1c(Nc2cc(CC(=O)C3CC3)nc3c2C(=O)N(C)C3)ccc(C(=O)N2CCCC2)c1F.COc1c(Nc2cc(Cl)nc3c2C(=O)N(C)C3)ccc(C(=O)N2CCCC2)c1F.NC(=O)C1CC1. The lowest BCUT2D eigenvalue weighted by molar-refractivity contribution is -0.120. The lowest BCUT2D eigenvalue weighted by atomic mass is 10.1. The normalized spacial score (nSPS) is 16.9. The number of nitrogens with one attached hydrogen (secondary N) is 2. The molecule has 6 aliphatic rings. The second-order valence-corrected chi connectivity index (χ2v) is 18.4. The molecular formula is C49H54ClF2N9O8. The summed E-state index contributed by atoms with van der Waals surface area (Å²) < 4.78 is 41.0. The third kappa shape index (κ3) is 10.4. The van der Waals surface area contributed by atoms with E-state index in [0.29, 0.717) is 78.9 Å². The van der Waals surface area contributed by atoms with E-state index in [2.05, 4.69) is 20.6 Å². The number of aromatic nitrogens is 2. The van der Waals surface area contributed by atoms with Gasteiger partial charge in [0.25, 0.3) is 23.6 Å². The predicted octanol–water partition coefficient (Wildman–Crippen LogP) is 6.65. The number of methoxy groups -OCH3 is 2. The minimum absolute atomic E-state index is 0.0388. The van der Waals surface area contributed by atoms with Crippen molar-refractivity contribution >= 4 is 69.7 Å². The number of ketones is 1. The minimum Gasteiger partial charge on any atom is -0.492 e. The van der Waals surface area contributed by atoms with Gasteiger partial charge in [-0.25, -0.2) is 13.8 Å². The highest BCUT2D eigenvalue weighted by Crippen LogP contribution is 2.39. The lowest BCUT2D eigenvalue weighted by Crippen LogP contribution is -2.28. The molecule has 2 aromatic heterocycles. The summed E-state index contributed by atoms with van der Waals surface area (Å²) >= 11 is 6.10. The predicted molar refractivity (Wildman–Crippen MR) is 251 cm³/mol. The van der Waals surface area contributed by atoms with Crippen molar-refractivity contribution in [1.29, 1.82) is 0 Å². The van der Waals surface area contributed by atoms with Crippen LogP contribution in [0, 0.1) is 23.5 Å². The van der Waals surface area contributed by atoms with Crippen LogP contribution in [-0.2, 0) is 29.1 Å². The third-order valence-corrected chi connectivity index (χ3v) is 13.1. The van der Waals surface area contributed by atoms with E-state index in [0.717, 1.165) is 51.4 Å². The number of nitrogens with two attached hydrogens (primary N) is 1. The molecule has 10 rings (SSSR count). The zero-order valence-electron chi connectivity index (χ0n) is 38.9. The molecule has 0 radical (unpaired) electrons. The molecule has 4 N–H and O–H groups in total. The van der Waals surface area contributed by atoms with Crippen molar-refractivity contribution in [3.8, 4) is 11.5 Å². The quantitative estimate of drug-likeness (QED) is 0.128. The summed E-state index contributed by atoms with van der Waals surface area (Å²) in [6.45, 7) is 3.15. The van der Waals surface area contributed by atoms with Gasteiger partial charge in [0, 0.05) is 58.5 Å². The fraction of sp³-hybridized carbons (Fsp3) is 0.429.